The molecule has 4 rings (SSSR count). The molecule has 1 unspecified atom stereocenters. The van der Waals surface area contributed by atoms with Crippen LogP contribution in [0.1, 0.15) is 46.8 Å². The van der Waals surface area contributed by atoms with Crippen LogP contribution in [0.4, 0.5) is 13.2 Å². The molecule has 1 saturated heterocycles. The number of nitrogens with zero attached hydrogens (tertiary/aromatic N) is 4. The van der Waals surface area contributed by atoms with Crippen molar-refractivity contribution in [1.82, 2.24) is 19.7 Å². The zero-order valence-electron chi connectivity index (χ0n) is 18.3. The third-order valence-electron chi connectivity index (χ3n) is 5.77. The zero-order valence-corrected chi connectivity index (χ0v) is 18.3. The van der Waals surface area contributed by atoms with Crippen LogP contribution in [0, 0.1) is 6.92 Å². The smallest absolute Gasteiger partial charge is 0.369 e. The second-order valence-corrected chi connectivity index (χ2v) is 8.08. The average Bonchev–Trinajstić information content (AvgIpc) is 3.13. The molecule has 1 atom stereocenters. The monoisotopic (exact) mass is 444 g/mol. The molecular formula is C24H27F3N4O. The second kappa shape index (κ2) is 9.42. The Kier molecular flexibility index (Phi) is 6.62. The molecule has 0 saturated carbocycles. The fourth-order valence-corrected chi connectivity index (χ4v) is 4.06. The molecule has 0 N–H and O–H groups in total. The number of hydrogen-bond donors (Lipinski definition) is 0. The highest BCUT2D eigenvalue weighted by molar-refractivity contribution is 5.33. The summed E-state index contributed by atoms with van der Waals surface area (Å²) in [5, 5.41) is 4.51. The molecule has 0 spiro atoms. The summed E-state index contributed by atoms with van der Waals surface area (Å²) in [4.78, 5) is 6.97. The number of alkyl halides is 3. The number of aromatic nitrogens is 3. The van der Waals surface area contributed by atoms with E-state index in [0.29, 0.717) is 18.8 Å². The van der Waals surface area contributed by atoms with E-state index in [4.69, 9.17) is 4.74 Å². The van der Waals surface area contributed by atoms with Crippen molar-refractivity contribution in [2.45, 2.75) is 45.6 Å². The van der Waals surface area contributed by atoms with E-state index in [9.17, 15) is 13.2 Å². The minimum absolute atomic E-state index is 0.120. The van der Waals surface area contributed by atoms with Crippen molar-refractivity contribution >= 4 is 0 Å². The van der Waals surface area contributed by atoms with Crippen molar-refractivity contribution in [2.75, 3.05) is 19.7 Å². The van der Waals surface area contributed by atoms with Gasteiger partial charge in [-0.1, -0.05) is 24.3 Å². The number of morpholine rings is 1. The standard InChI is InChI=1S/C24H27F3N4O/c1-3-31-15-19(17(2)29-31)14-30-11-12-32-23(16-30)22-10-6-8-20(28-22)13-18-7-4-5-9-21(18)24(25,26)27/h4-10,15,23H,3,11-14,16H2,1-2H3. The first-order valence-electron chi connectivity index (χ1n) is 10.8. The highest BCUT2D eigenvalue weighted by atomic mass is 19.4. The molecular weight excluding hydrogens is 417 g/mol. The second-order valence-electron chi connectivity index (χ2n) is 8.08. The van der Waals surface area contributed by atoms with Crippen molar-refractivity contribution in [3.63, 3.8) is 0 Å². The maximum absolute atomic E-state index is 13.3. The maximum atomic E-state index is 13.3. The van der Waals surface area contributed by atoms with Crippen LogP contribution in [-0.4, -0.2) is 39.4 Å². The van der Waals surface area contributed by atoms with E-state index in [1.807, 2.05) is 23.7 Å². The van der Waals surface area contributed by atoms with E-state index < -0.39 is 11.7 Å². The van der Waals surface area contributed by atoms with Crippen LogP contribution in [0.3, 0.4) is 0 Å². The molecule has 8 heteroatoms. The third kappa shape index (κ3) is 5.19. The lowest BCUT2D eigenvalue weighted by Gasteiger charge is -2.32. The summed E-state index contributed by atoms with van der Waals surface area (Å²) < 4.78 is 47.9. The molecule has 0 aliphatic carbocycles. The SMILES string of the molecule is CCn1cc(CN2CCOC(c3cccc(Cc4ccccc4C(F)(F)F)n3)C2)c(C)n1. The predicted molar refractivity (Wildman–Crippen MR) is 115 cm³/mol. The molecule has 2 aromatic heterocycles. The number of halogens is 3. The van der Waals surface area contributed by atoms with Gasteiger partial charge in [-0.15, -0.1) is 0 Å². The van der Waals surface area contributed by atoms with Crippen molar-refractivity contribution in [3.8, 4) is 0 Å². The van der Waals surface area contributed by atoms with Gasteiger partial charge in [-0.05, 0) is 37.6 Å². The summed E-state index contributed by atoms with van der Waals surface area (Å²) in [5.74, 6) is 0. The summed E-state index contributed by atoms with van der Waals surface area (Å²) in [7, 11) is 0. The first-order chi connectivity index (χ1) is 15.3. The van der Waals surface area contributed by atoms with Gasteiger partial charge in [0.25, 0.3) is 0 Å². The van der Waals surface area contributed by atoms with Gasteiger partial charge in [0.15, 0.2) is 0 Å². The Hall–Kier alpha value is -2.71. The highest BCUT2D eigenvalue weighted by Gasteiger charge is 2.33. The van der Waals surface area contributed by atoms with Crippen LogP contribution >= 0.6 is 0 Å². The fourth-order valence-electron chi connectivity index (χ4n) is 4.06. The highest BCUT2D eigenvalue weighted by Crippen LogP contribution is 2.33. The normalized spacial score (nSPS) is 17.6. The van der Waals surface area contributed by atoms with Gasteiger partial charge in [0.1, 0.15) is 6.10 Å². The Bertz CT molecular complexity index is 1060. The molecule has 0 bridgehead atoms. The van der Waals surface area contributed by atoms with Gasteiger partial charge in [-0.25, -0.2) is 0 Å². The van der Waals surface area contributed by atoms with E-state index in [2.05, 4.69) is 28.1 Å². The van der Waals surface area contributed by atoms with Gasteiger partial charge < -0.3 is 4.74 Å². The lowest BCUT2D eigenvalue weighted by molar-refractivity contribution is -0.138. The van der Waals surface area contributed by atoms with Crippen LogP contribution in [0.2, 0.25) is 0 Å². The minimum Gasteiger partial charge on any atom is -0.369 e. The van der Waals surface area contributed by atoms with Gasteiger partial charge in [-0.2, -0.15) is 18.3 Å². The number of benzene rings is 1. The van der Waals surface area contributed by atoms with Gasteiger partial charge in [0.05, 0.1) is 23.6 Å². The minimum atomic E-state index is -4.38. The Morgan fingerprint density at radius 2 is 1.91 bits per heavy atom. The number of pyridine rings is 1. The molecule has 1 aromatic carbocycles. The van der Waals surface area contributed by atoms with Gasteiger partial charge in [0.2, 0.25) is 0 Å². The van der Waals surface area contributed by atoms with E-state index >= 15 is 0 Å². The molecule has 1 aliphatic heterocycles. The summed E-state index contributed by atoms with van der Waals surface area (Å²) in [6.07, 6.45) is -2.40. The van der Waals surface area contributed by atoms with Gasteiger partial charge >= 0.3 is 6.18 Å². The summed E-state index contributed by atoms with van der Waals surface area (Å²) >= 11 is 0. The van der Waals surface area contributed by atoms with E-state index in [1.54, 1.807) is 12.1 Å². The molecule has 1 fully saturated rings. The lowest BCUT2D eigenvalue weighted by Crippen LogP contribution is -2.38. The summed E-state index contributed by atoms with van der Waals surface area (Å²) in [6.45, 7) is 7.76. The summed E-state index contributed by atoms with van der Waals surface area (Å²) in [5.41, 5.74) is 3.17. The number of hydrogen-bond acceptors (Lipinski definition) is 4. The van der Waals surface area contributed by atoms with E-state index in [-0.39, 0.29) is 18.1 Å². The molecule has 5 nitrogen and oxygen atoms in total. The van der Waals surface area contributed by atoms with Crippen LogP contribution < -0.4 is 0 Å². The van der Waals surface area contributed by atoms with Crippen molar-refractivity contribution in [1.29, 1.82) is 0 Å². The number of rotatable bonds is 6. The molecule has 0 amide bonds. The lowest BCUT2D eigenvalue weighted by atomic mass is 10.0. The predicted octanol–water partition coefficient (Wildman–Crippen LogP) is 4.79. The van der Waals surface area contributed by atoms with Crippen LogP contribution in [-0.2, 0) is 30.4 Å². The first-order valence-corrected chi connectivity index (χ1v) is 10.8. The van der Waals surface area contributed by atoms with Crippen LogP contribution in [0.5, 0.6) is 0 Å². The van der Waals surface area contributed by atoms with E-state index in [1.165, 1.54) is 17.7 Å². The molecule has 3 heterocycles. The van der Waals surface area contributed by atoms with Gasteiger partial charge in [0, 0.05) is 50.1 Å². The van der Waals surface area contributed by atoms with Crippen LogP contribution in [0.25, 0.3) is 0 Å². The topological polar surface area (TPSA) is 43.2 Å². The summed E-state index contributed by atoms with van der Waals surface area (Å²) in [6, 6.07) is 11.1. The maximum Gasteiger partial charge on any atom is 0.416 e. The molecule has 170 valence electrons. The average molecular weight is 445 g/mol. The molecule has 32 heavy (non-hydrogen) atoms. The molecule has 0 radical (unpaired) electrons. The first kappa shape index (κ1) is 22.5. The Morgan fingerprint density at radius 3 is 2.66 bits per heavy atom. The van der Waals surface area contributed by atoms with Crippen LogP contribution in [0.15, 0.2) is 48.7 Å². The molecule has 1 aliphatic rings. The zero-order chi connectivity index (χ0) is 22.7. The third-order valence-corrected chi connectivity index (χ3v) is 5.77. The van der Waals surface area contributed by atoms with Crippen molar-refractivity contribution in [3.05, 3.63) is 82.4 Å². The Morgan fingerprint density at radius 1 is 1.09 bits per heavy atom. The Balaban J connectivity index is 1.48. The quantitative estimate of drug-likeness (QED) is 0.548. The number of ether oxygens (including phenoxy) is 1. The Labute approximate surface area is 185 Å². The van der Waals surface area contributed by atoms with Crippen molar-refractivity contribution in [2.24, 2.45) is 0 Å². The van der Waals surface area contributed by atoms with E-state index in [0.717, 1.165) is 37.1 Å². The fraction of sp³-hybridized carbons (Fsp3) is 0.417. The largest absolute Gasteiger partial charge is 0.416 e. The molecule has 3 aromatic rings. The van der Waals surface area contributed by atoms with Gasteiger partial charge in [-0.3, -0.25) is 14.6 Å². The number of aryl methyl sites for hydroxylation is 2. The van der Waals surface area contributed by atoms with Crippen molar-refractivity contribution < 1.29 is 17.9 Å².